The van der Waals surface area contributed by atoms with E-state index >= 15 is 0 Å². The number of carbonyl (C=O) groups is 1. The maximum Gasteiger partial charge on any atom is 0.335 e. The molecule has 0 radical (unpaired) electrons. The molecule has 1 heterocycles. The lowest BCUT2D eigenvalue weighted by molar-refractivity contribution is 0.0697. The predicted molar refractivity (Wildman–Crippen MR) is 82.1 cm³/mol. The van der Waals surface area contributed by atoms with Crippen LogP contribution < -0.4 is 10.6 Å². The van der Waals surface area contributed by atoms with Crippen LogP contribution in [0.1, 0.15) is 30.6 Å². The van der Waals surface area contributed by atoms with Crippen molar-refractivity contribution in [3.63, 3.8) is 0 Å². The second-order valence-corrected chi connectivity index (χ2v) is 4.75. The van der Waals surface area contributed by atoms with Crippen LogP contribution in [-0.2, 0) is 0 Å². The number of rotatable bonds is 6. The maximum absolute atomic E-state index is 10.8. The average molecular weight is 286 g/mol. The number of aromatic carboxylic acids is 1. The Hall–Kier alpha value is -2.63. The van der Waals surface area contributed by atoms with E-state index in [1.807, 2.05) is 6.07 Å². The number of nitrogens with zero attached hydrogens (tertiary/aromatic N) is 2. The molecule has 1 aromatic carbocycles. The fraction of sp³-hybridized carbons (Fsp3) is 0.267. The van der Waals surface area contributed by atoms with Crippen molar-refractivity contribution < 1.29 is 9.90 Å². The Labute approximate surface area is 123 Å². The van der Waals surface area contributed by atoms with Gasteiger partial charge in [0.2, 0.25) is 0 Å². The summed E-state index contributed by atoms with van der Waals surface area (Å²) in [6, 6.07) is 8.65. The van der Waals surface area contributed by atoms with Crippen molar-refractivity contribution in [3.8, 4) is 0 Å². The Morgan fingerprint density at radius 3 is 2.52 bits per heavy atom. The van der Waals surface area contributed by atoms with Crippen molar-refractivity contribution >= 4 is 23.3 Å². The Morgan fingerprint density at radius 1 is 1.24 bits per heavy atom. The minimum atomic E-state index is -0.941. The molecule has 1 aromatic heterocycles. The van der Waals surface area contributed by atoms with Gasteiger partial charge in [0.05, 0.1) is 5.56 Å². The van der Waals surface area contributed by atoms with E-state index in [4.69, 9.17) is 5.11 Å². The van der Waals surface area contributed by atoms with E-state index in [0.29, 0.717) is 11.9 Å². The third-order valence-electron chi connectivity index (χ3n) is 3.08. The molecule has 3 N–H and O–H groups in total. The Morgan fingerprint density at radius 2 is 1.90 bits per heavy atom. The molecule has 0 bridgehead atoms. The number of hydrogen-bond acceptors (Lipinski definition) is 5. The summed E-state index contributed by atoms with van der Waals surface area (Å²) in [6.45, 7) is 4.18. The highest BCUT2D eigenvalue weighted by atomic mass is 16.4. The van der Waals surface area contributed by atoms with E-state index in [9.17, 15) is 4.79 Å². The molecule has 0 aliphatic carbocycles. The van der Waals surface area contributed by atoms with Crippen molar-refractivity contribution in [1.82, 2.24) is 9.97 Å². The minimum Gasteiger partial charge on any atom is -0.478 e. The summed E-state index contributed by atoms with van der Waals surface area (Å²) in [5.74, 6) is 0.464. The first-order valence-electron chi connectivity index (χ1n) is 6.77. The summed E-state index contributed by atoms with van der Waals surface area (Å²) in [4.78, 5) is 19.1. The molecule has 110 valence electrons. The number of aromatic nitrogens is 2. The molecule has 2 aromatic rings. The van der Waals surface area contributed by atoms with Crippen LogP contribution in [0.4, 0.5) is 17.3 Å². The van der Waals surface area contributed by atoms with E-state index in [2.05, 4.69) is 34.4 Å². The molecule has 6 nitrogen and oxygen atoms in total. The van der Waals surface area contributed by atoms with E-state index < -0.39 is 5.97 Å². The molecule has 0 aliphatic heterocycles. The lowest BCUT2D eigenvalue weighted by Gasteiger charge is -2.13. The monoisotopic (exact) mass is 286 g/mol. The highest BCUT2D eigenvalue weighted by Crippen LogP contribution is 2.17. The van der Waals surface area contributed by atoms with Gasteiger partial charge in [-0.05, 0) is 37.6 Å². The summed E-state index contributed by atoms with van der Waals surface area (Å²) in [7, 11) is 0. The van der Waals surface area contributed by atoms with Crippen LogP contribution in [0.15, 0.2) is 36.7 Å². The molecule has 21 heavy (non-hydrogen) atoms. The van der Waals surface area contributed by atoms with Crippen molar-refractivity contribution in [3.05, 3.63) is 42.2 Å². The van der Waals surface area contributed by atoms with Gasteiger partial charge in [-0.25, -0.2) is 14.8 Å². The van der Waals surface area contributed by atoms with E-state index in [1.54, 1.807) is 24.3 Å². The number of benzene rings is 1. The Kier molecular flexibility index (Phi) is 4.71. The van der Waals surface area contributed by atoms with Gasteiger partial charge in [-0.15, -0.1) is 0 Å². The van der Waals surface area contributed by atoms with Crippen LogP contribution in [0.5, 0.6) is 0 Å². The quantitative estimate of drug-likeness (QED) is 0.756. The van der Waals surface area contributed by atoms with Gasteiger partial charge in [-0.3, -0.25) is 0 Å². The molecular weight excluding hydrogens is 268 g/mol. The molecule has 0 aliphatic rings. The zero-order chi connectivity index (χ0) is 15.2. The number of anilines is 3. The number of carboxylic acid groups (broad SMARTS) is 1. The molecule has 0 saturated carbocycles. The van der Waals surface area contributed by atoms with Crippen LogP contribution in [0.2, 0.25) is 0 Å². The lowest BCUT2D eigenvalue weighted by Crippen LogP contribution is -2.14. The third-order valence-corrected chi connectivity index (χ3v) is 3.08. The molecule has 6 heteroatoms. The summed E-state index contributed by atoms with van der Waals surface area (Å²) < 4.78 is 0. The smallest absolute Gasteiger partial charge is 0.335 e. The highest BCUT2D eigenvalue weighted by molar-refractivity contribution is 5.88. The van der Waals surface area contributed by atoms with Gasteiger partial charge < -0.3 is 15.7 Å². The van der Waals surface area contributed by atoms with Crippen LogP contribution in [0.3, 0.4) is 0 Å². The van der Waals surface area contributed by atoms with Crippen molar-refractivity contribution in [2.24, 2.45) is 0 Å². The van der Waals surface area contributed by atoms with Gasteiger partial charge in [0.15, 0.2) is 0 Å². The first-order valence-corrected chi connectivity index (χ1v) is 6.77. The second kappa shape index (κ2) is 6.69. The summed E-state index contributed by atoms with van der Waals surface area (Å²) >= 11 is 0. The average Bonchev–Trinajstić information content (AvgIpc) is 2.48. The fourth-order valence-electron chi connectivity index (χ4n) is 1.70. The summed E-state index contributed by atoms with van der Waals surface area (Å²) in [5, 5.41) is 15.3. The van der Waals surface area contributed by atoms with E-state index in [1.165, 1.54) is 6.33 Å². The molecule has 1 unspecified atom stereocenters. The zero-order valence-electron chi connectivity index (χ0n) is 12.0. The normalized spacial score (nSPS) is 11.7. The van der Waals surface area contributed by atoms with Gasteiger partial charge >= 0.3 is 5.97 Å². The zero-order valence-corrected chi connectivity index (χ0v) is 12.0. The third kappa shape index (κ3) is 4.17. The molecule has 1 atom stereocenters. The van der Waals surface area contributed by atoms with Crippen LogP contribution in [0, 0.1) is 0 Å². The molecule has 2 rings (SSSR count). The topological polar surface area (TPSA) is 87.1 Å². The van der Waals surface area contributed by atoms with Gasteiger partial charge in [-0.1, -0.05) is 6.92 Å². The van der Waals surface area contributed by atoms with Gasteiger partial charge in [0, 0.05) is 17.8 Å². The number of nitrogens with one attached hydrogen (secondary N) is 2. The van der Waals surface area contributed by atoms with Gasteiger partial charge in [0.1, 0.15) is 18.0 Å². The molecule has 0 spiro atoms. The second-order valence-electron chi connectivity index (χ2n) is 4.75. The largest absolute Gasteiger partial charge is 0.478 e. The molecule has 0 fully saturated rings. The van der Waals surface area contributed by atoms with E-state index in [-0.39, 0.29) is 5.56 Å². The lowest BCUT2D eigenvalue weighted by atomic mass is 10.2. The van der Waals surface area contributed by atoms with Crippen molar-refractivity contribution in [1.29, 1.82) is 0 Å². The van der Waals surface area contributed by atoms with Crippen LogP contribution in [0.25, 0.3) is 0 Å². The Bertz CT molecular complexity index is 613. The summed E-state index contributed by atoms with van der Waals surface area (Å²) in [6.07, 6.45) is 2.49. The Balaban J connectivity index is 2.08. The molecule has 0 amide bonds. The van der Waals surface area contributed by atoms with E-state index in [0.717, 1.165) is 17.9 Å². The maximum atomic E-state index is 10.8. The first kappa shape index (κ1) is 14.8. The number of carboxylic acids is 1. The molecule has 0 saturated heterocycles. The molecular formula is C15H18N4O2. The highest BCUT2D eigenvalue weighted by Gasteiger charge is 2.04. The van der Waals surface area contributed by atoms with Gasteiger partial charge in [0.25, 0.3) is 0 Å². The van der Waals surface area contributed by atoms with Gasteiger partial charge in [-0.2, -0.15) is 0 Å². The first-order chi connectivity index (χ1) is 10.1. The number of hydrogen-bond donors (Lipinski definition) is 3. The minimum absolute atomic E-state index is 0.252. The van der Waals surface area contributed by atoms with Crippen LogP contribution in [-0.4, -0.2) is 27.1 Å². The summed E-state index contributed by atoms with van der Waals surface area (Å²) in [5.41, 5.74) is 1.02. The standard InChI is InChI=1S/C15H18N4O2/c1-3-10(2)18-13-8-14(17-9-16-13)19-12-6-4-11(5-7-12)15(20)21/h4-10H,3H2,1-2H3,(H,20,21)(H2,16,17,18,19). The predicted octanol–water partition coefficient (Wildman–Crippen LogP) is 3.13. The van der Waals surface area contributed by atoms with Crippen molar-refractivity contribution in [2.45, 2.75) is 26.3 Å². The van der Waals surface area contributed by atoms with Crippen LogP contribution >= 0.6 is 0 Å². The van der Waals surface area contributed by atoms with Crippen molar-refractivity contribution in [2.75, 3.05) is 10.6 Å². The fourth-order valence-corrected chi connectivity index (χ4v) is 1.70. The SMILES string of the molecule is CCC(C)Nc1cc(Nc2ccc(C(=O)O)cc2)ncn1.